The summed E-state index contributed by atoms with van der Waals surface area (Å²) < 4.78 is 5.20. The molecular formula is C14H21NO2. The molecule has 0 aromatic heterocycles. The van der Waals surface area contributed by atoms with Crippen LogP contribution in [0, 0.1) is 5.41 Å². The second-order valence-electron chi connectivity index (χ2n) is 4.81. The third kappa shape index (κ3) is 4.57. The second-order valence-corrected chi connectivity index (χ2v) is 4.81. The molecule has 3 heteroatoms. The minimum Gasteiger partial charge on any atom is -0.465 e. The van der Waals surface area contributed by atoms with E-state index in [4.69, 9.17) is 10.5 Å². The van der Waals surface area contributed by atoms with Crippen LogP contribution in [0.2, 0.25) is 0 Å². The lowest BCUT2D eigenvalue weighted by Crippen LogP contribution is -2.34. The van der Waals surface area contributed by atoms with Crippen LogP contribution in [0.25, 0.3) is 0 Å². The monoisotopic (exact) mass is 235 g/mol. The zero-order valence-corrected chi connectivity index (χ0v) is 10.6. The smallest absolute Gasteiger partial charge is 0.312 e. The van der Waals surface area contributed by atoms with Crippen LogP contribution in [0.4, 0.5) is 0 Å². The molecule has 1 aromatic carbocycles. The molecule has 0 radical (unpaired) electrons. The SMILES string of the molecule is CC(C)(CN)C(=O)OCCCc1ccccc1. The lowest BCUT2D eigenvalue weighted by atomic mass is 9.94. The topological polar surface area (TPSA) is 52.3 Å². The van der Waals surface area contributed by atoms with Crippen LogP contribution in [0.15, 0.2) is 30.3 Å². The van der Waals surface area contributed by atoms with E-state index in [2.05, 4.69) is 12.1 Å². The van der Waals surface area contributed by atoms with E-state index >= 15 is 0 Å². The molecule has 17 heavy (non-hydrogen) atoms. The number of aryl methyl sites for hydroxylation is 1. The van der Waals surface area contributed by atoms with Crippen molar-refractivity contribution in [1.29, 1.82) is 0 Å². The van der Waals surface area contributed by atoms with Crippen molar-refractivity contribution in [2.75, 3.05) is 13.2 Å². The molecule has 0 saturated heterocycles. The number of carbonyl (C=O) groups is 1. The molecule has 0 amide bonds. The second kappa shape index (κ2) is 6.40. The van der Waals surface area contributed by atoms with Gasteiger partial charge in [-0.15, -0.1) is 0 Å². The summed E-state index contributed by atoms with van der Waals surface area (Å²) in [4.78, 5) is 11.6. The molecule has 0 aliphatic carbocycles. The van der Waals surface area contributed by atoms with Crippen molar-refractivity contribution in [2.45, 2.75) is 26.7 Å². The van der Waals surface area contributed by atoms with Gasteiger partial charge in [-0.2, -0.15) is 0 Å². The van der Waals surface area contributed by atoms with Crippen molar-refractivity contribution in [3.05, 3.63) is 35.9 Å². The van der Waals surface area contributed by atoms with Gasteiger partial charge in [-0.25, -0.2) is 0 Å². The summed E-state index contributed by atoms with van der Waals surface area (Å²) in [6.07, 6.45) is 1.77. The molecule has 2 N–H and O–H groups in total. The Morgan fingerprint density at radius 3 is 2.53 bits per heavy atom. The zero-order valence-electron chi connectivity index (χ0n) is 10.6. The highest BCUT2D eigenvalue weighted by Crippen LogP contribution is 2.15. The van der Waals surface area contributed by atoms with Gasteiger partial charge in [-0.3, -0.25) is 4.79 Å². The number of hydrogen-bond donors (Lipinski definition) is 1. The minimum atomic E-state index is -0.577. The predicted octanol–water partition coefficient (Wildman–Crippen LogP) is 2.15. The molecule has 0 bridgehead atoms. The Labute approximate surface area is 103 Å². The van der Waals surface area contributed by atoms with Crippen molar-refractivity contribution in [3.8, 4) is 0 Å². The first-order valence-electron chi connectivity index (χ1n) is 5.97. The van der Waals surface area contributed by atoms with E-state index in [0.717, 1.165) is 12.8 Å². The van der Waals surface area contributed by atoms with Crippen LogP contribution in [-0.2, 0) is 16.0 Å². The fraction of sp³-hybridized carbons (Fsp3) is 0.500. The number of nitrogens with two attached hydrogens (primary N) is 1. The van der Waals surface area contributed by atoms with Gasteiger partial charge in [0.1, 0.15) is 0 Å². The Balaban J connectivity index is 2.23. The number of ether oxygens (including phenoxy) is 1. The molecule has 3 nitrogen and oxygen atoms in total. The van der Waals surface area contributed by atoms with E-state index in [9.17, 15) is 4.79 Å². The van der Waals surface area contributed by atoms with Gasteiger partial charge in [0.2, 0.25) is 0 Å². The highest BCUT2D eigenvalue weighted by atomic mass is 16.5. The van der Waals surface area contributed by atoms with Gasteiger partial charge in [0.05, 0.1) is 12.0 Å². The fourth-order valence-corrected chi connectivity index (χ4v) is 1.36. The maximum atomic E-state index is 11.6. The van der Waals surface area contributed by atoms with Gasteiger partial charge < -0.3 is 10.5 Å². The van der Waals surface area contributed by atoms with Crippen molar-refractivity contribution in [2.24, 2.45) is 11.1 Å². The van der Waals surface area contributed by atoms with Gasteiger partial charge in [-0.1, -0.05) is 30.3 Å². The third-order valence-corrected chi connectivity index (χ3v) is 2.75. The van der Waals surface area contributed by atoms with E-state index in [-0.39, 0.29) is 5.97 Å². The highest BCUT2D eigenvalue weighted by Gasteiger charge is 2.27. The summed E-state index contributed by atoms with van der Waals surface area (Å²) in [6.45, 7) is 4.36. The van der Waals surface area contributed by atoms with Crippen molar-refractivity contribution >= 4 is 5.97 Å². The molecule has 0 heterocycles. The van der Waals surface area contributed by atoms with Crippen molar-refractivity contribution in [1.82, 2.24) is 0 Å². The summed E-state index contributed by atoms with van der Waals surface area (Å²) in [5.41, 5.74) is 6.19. The maximum absolute atomic E-state index is 11.6. The van der Waals surface area contributed by atoms with E-state index in [1.807, 2.05) is 18.2 Å². The largest absolute Gasteiger partial charge is 0.465 e. The Bertz CT molecular complexity index is 346. The highest BCUT2D eigenvalue weighted by molar-refractivity contribution is 5.76. The van der Waals surface area contributed by atoms with Crippen LogP contribution >= 0.6 is 0 Å². The molecule has 1 aromatic rings. The zero-order chi connectivity index (χ0) is 12.7. The normalized spacial score (nSPS) is 11.2. The fourth-order valence-electron chi connectivity index (χ4n) is 1.36. The lowest BCUT2D eigenvalue weighted by Gasteiger charge is -2.19. The summed E-state index contributed by atoms with van der Waals surface area (Å²) >= 11 is 0. The molecule has 0 fully saturated rings. The maximum Gasteiger partial charge on any atom is 0.312 e. The molecule has 1 rings (SSSR count). The first-order chi connectivity index (χ1) is 8.06. The average molecular weight is 235 g/mol. The van der Waals surface area contributed by atoms with Crippen LogP contribution in [0.5, 0.6) is 0 Å². The predicted molar refractivity (Wildman–Crippen MR) is 68.6 cm³/mol. The minimum absolute atomic E-state index is 0.215. The molecular weight excluding hydrogens is 214 g/mol. The van der Waals surface area contributed by atoms with E-state index in [0.29, 0.717) is 13.2 Å². The molecule has 94 valence electrons. The summed E-state index contributed by atoms with van der Waals surface area (Å²) in [7, 11) is 0. The quantitative estimate of drug-likeness (QED) is 0.607. The van der Waals surface area contributed by atoms with E-state index < -0.39 is 5.41 Å². The summed E-state index contributed by atoms with van der Waals surface area (Å²) in [5.74, 6) is -0.215. The number of benzene rings is 1. The molecule has 0 aliphatic rings. The van der Waals surface area contributed by atoms with Crippen LogP contribution in [0.1, 0.15) is 25.8 Å². The number of esters is 1. The van der Waals surface area contributed by atoms with Crippen LogP contribution < -0.4 is 5.73 Å². The molecule has 0 saturated carbocycles. The molecule has 0 spiro atoms. The standard InChI is InChI=1S/C14H21NO2/c1-14(2,11-15)13(16)17-10-6-9-12-7-4-3-5-8-12/h3-5,7-8H,6,9-11,15H2,1-2H3. The van der Waals surface area contributed by atoms with Crippen molar-refractivity contribution in [3.63, 3.8) is 0 Å². The van der Waals surface area contributed by atoms with E-state index in [1.54, 1.807) is 13.8 Å². The Morgan fingerprint density at radius 1 is 1.29 bits per heavy atom. The Kier molecular flexibility index (Phi) is 5.16. The number of rotatable bonds is 6. The van der Waals surface area contributed by atoms with Gasteiger partial charge in [-0.05, 0) is 32.3 Å². The molecule has 0 atom stereocenters. The Hall–Kier alpha value is -1.35. The third-order valence-electron chi connectivity index (χ3n) is 2.75. The van der Waals surface area contributed by atoms with Gasteiger partial charge >= 0.3 is 5.97 Å². The summed E-state index contributed by atoms with van der Waals surface area (Å²) in [6, 6.07) is 10.2. The van der Waals surface area contributed by atoms with Crippen molar-refractivity contribution < 1.29 is 9.53 Å². The van der Waals surface area contributed by atoms with Gasteiger partial charge in [0.15, 0.2) is 0 Å². The van der Waals surface area contributed by atoms with Crippen LogP contribution in [0.3, 0.4) is 0 Å². The number of carbonyl (C=O) groups excluding carboxylic acids is 1. The van der Waals surface area contributed by atoms with Gasteiger partial charge in [0, 0.05) is 6.54 Å². The molecule has 0 unspecified atom stereocenters. The molecule has 0 aliphatic heterocycles. The number of hydrogen-bond acceptors (Lipinski definition) is 3. The first-order valence-corrected chi connectivity index (χ1v) is 5.97. The van der Waals surface area contributed by atoms with Crippen LogP contribution in [-0.4, -0.2) is 19.1 Å². The Morgan fingerprint density at radius 2 is 1.94 bits per heavy atom. The van der Waals surface area contributed by atoms with Gasteiger partial charge in [0.25, 0.3) is 0 Å². The summed E-state index contributed by atoms with van der Waals surface area (Å²) in [5, 5.41) is 0. The average Bonchev–Trinajstić information content (AvgIpc) is 2.35. The van der Waals surface area contributed by atoms with E-state index in [1.165, 1.54) is 5.56 Å². The first kappa shape index (κ1) is 13.7. The lowest BCUT2D eigenvalue weighted by molar-refractivity contribution is -0.153.